The predicted molar refractivity (Wildman–Crippen MR) is 115 cm³/mol. The van der Waals surface area contributed by atoms with Crippen molar-refractivity contribution >= 4 is 22.7 Å². The quantitative estimate of drug-likeness (QED) is 0.381. The van der Waals surface area contributed by atoms with Crippen LogP contribution in [0, 0.1) is 0 Å². The molecule has 1 amide bonds. The summed E-state index contributed by atoms with van der Waals surface area (Å²) in [5.74, 6) is 0.505. The van der Waals surface area contributed by atoms with Gasteiger partial charge in [0.1, 0.15) is 24.4 Å². The average Bonchev–Trinajstić information content (AvgIpc) is 3.20. The molecule has 3 aromatic carbocycles. The van der Waals surface area contributed by atoms with Crippen molar-refractivity contribution in [3.63, 3.8) is 0 Å². The van der Waals surface area contributed by atoms with Gasteiger partial charge in [-0.1, -0.05) is 47.7 Å². The van der Waals surface area contributed by atoms with E-state index in [0.29, 0.717) is 12.3 Å². The smallest absolute Gasteiger partial charge is 0.261 e. The van der Waals surface area contributed by atoms with Crippen LogP contribution >= 0.6 is 0 Å². The van der Waals surface area contributed by atoms with Crippen LogP contribution in [0.25, 0.3) is 11.0 Å². The molecular weight excluding hydrogens is 378 g/mol. The van der Waals surface area contributed by atoms with Crippen molar-refractivity contribution in [1.29, 1.82) is 0 Å². The fourth-order valence-electron chi connectivity index (χ4n) is 2.95. The van der Waals surface area contributed by atoms with E-state index in [2.05, 4.69) is 20.8 Å². The van der Waals surface area contributed by atoms with Crippen LogP contribution in [0.3, 0.4) is 0 Å². The van der Waals surface area contributed by atoms with Gasteiger partial charge >= 0.3 is 0 Å². The first kappa shape index (κ1) is 19.3. The van der Waals surface area contributed by atoms with Crippen molar-refractivity contribution in [3.05, 3.63) is 90.0 Å². The van der Waals surface area contributed by atoms with Gasteiger partial charge in [-0.05, 0) is 54.4 Å². The maximum Gasteiger partial charge on any atom is 0.261 e. The molecule has 4 aromatic rings. The van der Waals surface area contributed by atoms with Gasteiger partial charge in [-0.25, -0.2) is 10.1 Å². The van der Waals surface area contributed by atoms with Crippen LogP contribution in [-0.2, 0) is 17.9 Å². The molecule has 1 N–H and O–H groups in total. The van der Waals surface area contributed by atoms with Gasteiger partial charge in [0, 0.05) is 0 Å². The van der Waals surface area contributed by atoms with Gasteiger partial charge in [0.15, 0.2) is 0 Å². The summed E-state index contributed by atoms with van der Waals surface area (Å²) < 4.78 is 7.34. The van der Waals surface area contributed by atoms with E-state index >= 15 is 0 Å². The molecule has 150 valence electrons. The number of amides is 1. The number of rotatable bonds is 7. The van der Waals surface area contributed by atoms with E-state index in [0.717, 1.165) is 27.9 Å². The predicted octanol–water partition coefficient (Wildman–Crippen LogP) is 3.55. The Bertz CT molecular complexity index is 1170. The zero-order valence-electron chi connectivity index (χ0n) is 16.5. The number of nitrogens with one attached hydrogen (secondary N) is 1. The van der Waals surface area contributed by atoms with Crippen LogP contribution < -0.4 is 10.2 Å². The summed E-state index contributed by atoms with van der Waals surface area (Å²) in [7, 11) is 0. The van der Waals surface area contributed by atoms with Crippen LogP contribution in [0.4, 0.5) is 0 Å². The van der Waals surface area contributed by atoms with Crippen molar-refractivity contribution in [2.45, 2.75) is 20.1 Å². The van der Waals surface area contributed by atoms with Gasteiger partial charge in [0.25, 0.3) is 5.91 Å². The SMILES string of the molecule is C/C(=N/NC(=O)Cn1nnc2ccccc21)c1ccc(OCc2ccccc2)cc1. The number of carbonyl (C=O) groups excluding carboxylic acids is 1. The first-order valence-corrected chi connectivity index (χ1v) is 9.57. The molecule has 0 bridgehead atoms. The van der Waals surface area contributed by atoms with Gasteiger partial charge < -0.3 is 4.74 Å². The zero-order chi connectivity index (χ0) is 20.8. The van der Waals surface area contributed by atoms with Crippen molar-refractivity contribution in [2.24, 2.45) is 5.10 Å². The van der Waals surface area contributed by atoms with Crippen molar-refractivity contribution in [3.8, 4) is 5.75 Å². The summed E-state index contributed by atoms with van der Waals surface area (Å²) in [6.07, 6.45) is 0. The van der Waals surface area contributed by atoms with Crippen LogP contribution in [0.1, 0.15) is 18.1 Å². The highest BCUT2D eigenvalue weighted by atomic mass is 16.5. The molecule has 0 spiro atoms. The molecule has 0 radical (unpaired) electrons. The highest BCUT2D eigenvalue weighted by Gasteiger charge is 2.08. The topological polar surface area (TPSA) is 81.4 Å². The Morgan fingerprint density at radius 1 is 1.00 bits per heavy atom. The average molecular weight is 399 g/mol. The highest BCUT2D eigenvalue weighted by Crippen LogP contribution is 2.15. The van der Waals surface area contributed by atoms with E-state index in [4.69, 9.17) is 4.74 Å². The van der Waals surface area contributed by atoms with Gasteiger partial charge in [-0.15, -0.1) is 5.10 Å². The Morgan fingerprint density at radius 2 is 1.73 bits per heavy atom. The van der Waals surface area contributed by atoms with E-state index in [1.54, 1.807) is 4.68 Å². The lowest BCUT2D eigenvalue weighted by Crippen LogP contribution is -2.24. The molecule has 0 unspecified atom stereocenters. The van der Waals surface area contributed by atoms with Crippen LogP contribution in [0.2, 0.25) is 0 Å². The fraction of sp³-hybridized carbons (Fsp3) is 0.130. The molecule has 7 nitrogen and oxygen atoms in total. The van der Waals surface area contributed by atoms with E-state index in [1.165, 1.54) is 0 Å². The Labute approximate surface area is 174 Å². The highest BCUT2D eigenvalue weighted by molar-refractivity contribution is 5.99. The number of hydrogen-bond acceptors (Lipinski definition) is 5. The molecule has 0 saturated carbocycles. The third-order valence-electron chi connectivity index (χ3n) is 4.58. The zero-order valence-corrected chi connectivity index (χ0v) is 16.5. The summed E-state index contributed by atoms with van der Waals surface area (Å²) in [6, 6.07) is 25.1. The molecule has 0 aliphatic heterocycles. The van der Waals surface area contributed by atoms with E-state index in [-0.39, 0.29) is 12.5 Å². The molecular formula is C23H21N5O2. The first-order chi connectivity index (χ1) is 14.7. The Balaban J connectivity index is 1.33. The van der Waals surface area contributed by atoms with Gasteiger partial charge in [-0.3, -0.25) is 4.79 Å². The molecule has 0 aliphatic carbocycles. The van der Waals surface area contributed by atoms with Crippen LogP contribution in [-0.4, -0.2) is 26.6 Å². The molecule has 1 aromatic heterocycles. The monoisotopic (exact) mass is 399 g/mol. The van der Waals surface area contributed by atoms with E-state index in [9.17, 15) is 4.79 Å². The minimum atomic E-state index is -0.271. The van der Waals surface area contributed by atoms with Crippen LogP contribution in [0.5, 0.6) is 5.75 Å². The lowest BCUT2D eigenvalue weighted by Gasteiger charge is -2.08. The van der Waals surface area contributed by atoms with Gasteiger partial charge in [0.2, 0.25) is 0 Å². The Kier molecular flexibility index (Phi) is 5.80. The number of nitrogens with zero attached hydrogens (tertiary/aromatic N) is 4. The lowest BCUT2D eigenvalue weighted by atomic mass is 10.1. The third-order valence-corrected chi connectivity index (χ3v) is 4.58. The molecule has 0 fully saturated rings. The van der Waals surface area contributed by atoms with Gasteiger partial charge in [0.05, 0.1) is 11.2 Å². The molecule has 0 saturated heterocycles. The number of benzene rings is 3. The Morgan fingerprint density at radius 3 is 2.53 bits per heavy atom. The molecule has 30 heavy (non-hydrogen) atoms. The summed E-state index contributed by atoms with van der Waals surface area (Å²) in [5.41, 5.74) is 6.83. The Hall–Kier alpha value is -4.00. The molecule has 0 aliphatic rings. The number of fused-ring (bicyclic) bond motifs is 1. The number of aromatic nitrogens is 3. The van der Waals surface area contributed by atoms with Crippen LogP contribution in [0.15, 0.2) is 84.0 Å². The van der Waals surface area contributed by atoms with E-state index < -0.39 is 0 Å². The number of ether oxygens (including phenoxy) is 1. The summed E-state index contributed by atoms with van der Waals surface area (Å²) in [4.78, 5) is 12.2. The van der Waals surface area contributed by atoms with E-state index in [1.807, 2.05) is 85.8 Å². The number of carbonyl (C=O) groups is 1. The maximum absolute atomic E-state index is 12.2. The number of hydrazone groups is 1. The molecule has 4 rings (SSSR count). The van der Waals surface area contributed by atoms with Gasteiger partial charge in [-0.2, -0.15) is 5.10 Å². The van der Waals surface area contributed by atoms with Crippen molar-refractivity contribution < 1.29 is 9.53 Å². The molecule has 1 heterocycles. The normalized spacial score (nSPS) is 11.4. The number of hydrogen-bond donors (Lipinski definition) is 1. The minimum Gasteiger partial charge on any atom is -0.489 e. The van der Waals surface area contributed by atoms with Crippen molar-refractivity contribution in [1.82, 2.24) is 20.4 Å². The standard InChI is InChI=1S/C23H21N5O2/c1-17(19-11-13-20(14-12-19)30-16-18-7-3-2-4-8-18)24-26-23(29)15-28-22-10-6-5-9-21(22)25-27-28/h2-14H,15-16H2,1H3,(H,26,29)/b24-17-. The summed E-state index contributed by atoms with van der Waals surface area (Å²) >= 11 is 0. The second kappa shape index (κ2) is 9.00. The minimum absolute atomic E-state index is 0.0452. The number of para-hydroxylation sites is 1. The largest absolute Gasteiger partial charge is 0.489 e. The lowest BCUT2D eigenvalue weighted by molar-refractivity contribution is -0.121. The first-order valence-electron chi connectivity index (χ1n) is 9.57. The molecule has 0 atom stereocenters. The summed E-state index contributed by atoms with van der Waals surface area (Å²) in [6.45, 7) is 2.40. The van der Waals surface area contributed by atoms with Crippen molar-refractivity contribution in [2.75, 3.05) is 0 Å². The molecule has 7 heteroatoms. The third kappa shape index (κ3) is 4.70. The second-order valence-corrected chi connectivity index (χ2v) is 6.77. The second-order valence-electron chi connectivity index (χ2n) is 6.77. The summed E-state index contributed by atoms with van der Waals surface area (Å²) in [5, 5.41) is 12.2. The maximum atomic E-state index is 12.2. The fourth-order valence-corrected chi connectivity index (χ4v) is 2.95.